The number of nitrogens with one attached hydrogen (secondary N) is 1. The van der Waals surface area contributed by atoms with Gasteiger partial charge >= 0.3 is 5.69 Å². The molecule has 86 valence electrons. The minimum Gasteiger partial charge on any atom is -0.313 e. The quantitative estimate of drug-likeness (QED) is 0.480. The Labute approximate surface area is 89.2 Å². The van der Waals surface area contributed by atoms with Gasteiger partial charge in [0.1, 0.15) is 0 Å². The van der Waals surface area contributed by atoms with Crippen LogP contribution in [0.5, 0.6) is 0 Å². The minimum atomic E-state index is -1.56. The standard InChI is InChI=1S/C9H8F2N2O3/c1-12-4-8(14)5-2-6(10)9(11)7(3-5)13(15)16/h2-3,12H,4H2,1H3. The zero-order chi connectivity index (χ0) is 12.3. The summed E-state index contributed by atoms with van der Waals surface area (Å²) in [4.78, 5) is 20.6. The van der Waals surface area contributed by atoms with E-state index >= 15 is 0 Å². The molecule has 1 aromatic carbocycles. The van der Waals surface area contributed by atoms with E-state index in [1.165, 1.54) is 7.05 Å². The molecular weight excluding hydrogens is 222 g/mol. The predicted octanol–water partition coefficient (Wildman–Crippen LogP) is 1.28. The number of nitrogens with zero attached hydrogens (tertiary/aromatic N) is 1. The fourth-order valence-corrected chi connectivity index (χ4v) is 1.13. The van der Waals surface area contributed by atoms with Gasteiger partial charge < -0.3 is 5.32 Å². The fraction of sp³-hybridized carbons (Fsp3) is 0.222. The van der Waals surface area contributed by atoms with E-state index < -0.39 is 28.0 Å². The molecule has 0 unspecified atom stereocenters. The first-order chi connectivity index (χ1) is 7.47. The molecule has 1 aromatic rings. The fourth-order valence-electron chi connectivity index (χ4n) is 1.13. The summed E-state index contributed by atoms with van der Waals surface area (Å²) in [7, 11) is 1.49. The van der Waals surface area contributed by atoms with Gasteiger partial charge in [0.2, 0.25) is 5.82 Å². The first-order valence-electron chi connectivity index (χ1n) is 4.28. The van der Waals surface area contributed by atoms with Crippen LogP contribution in [-0.4, -0.2) is 24.3 Å². The van der Waals surface area contributed by atoms with Crippen molar-refractivity contribution in [1.29, 1.82) is 0 Å². The lowest BCUT2D eigenvalue weighted by atomic mass is 10.1. The number of ketones is 1. The molecule has 0 spiro atoms. The van der Waals surface area contributed by atoms with E-state index in [0.717, 1.165) is 6.07 Å². The molecule has 0 heterocycles. The lowest BCUT2D eigenvalue weighted by molar-refractivity contribution is -0.387. The van der Waals surface area contributed by atoms with Crippen LogP contribution in [0, 0.1) is 21.7 Å². The number of nitro benzene ring substituents is 1. The van der Waals surface area contributed by atoms with Crippen molar-refractivity contribution >= 4 is 11.5 Å². The molecule has 16 heavy (non-hydrogen) atoms. The third-order valence-corrected chi connectivity index (χ3v) is 1.87. The van der Waals surface area contributed by atoms with Crippen molar-refractivity contribution in [2.75, 3.05) is 13.6 Å². The molecule has 0 saturated heterocycles. The van der Waals surface area contributed by atoms with Crippen LogP contribution in [0.1, 0.15) is 10.4 Å². The average molecular weight is 230 g/mol. The molecule has 0 aliphatic heterocycles. The number of carbonyl (C=O) groups is 1. The van der Waals surface area contributed by atoms with Gasteiger partial charge in [-0.15, -0.1) is 0 Å². The highest BCUT2D eigenvalue weighted by Crippen LogP contribution is 2.22. The van der Waals surface area contributed by atoms with E-state index in [-0.39, 0.29) is 12.1 Å². The highest BCUT2D eigenvalue weighted by Gasteiger charge is 2.22. The molecule has 5 nitrogen and oxygen atoms in total. The van der Waals surface area contributed by atoms with Crippen LogP contribution in [0.15, 0.2) is 12.1 Å². The minimum absolute atomic E-state index is 0.109. The summed E-state index contributed by atoms with van der Waals surface area (Å²) in [5, 5.41) is 12.9. The Bertz CT molecular complexity index is 449. The van der Waals surface area contributed by atoms with E-state index in [1.54, 1.807) is 0 Å². The molecule has 0 amide bonds. The van der Waals surface area contributed by atoms with Gasteiger partial charge in [-0.25, -0.2) is 4.39 Å². The summed E-state index contributed by atoms with van der Waals surface area (Å²) >= 11 is 0. The molecular formula is C9H8F2N2O3. The first-order valence-corrected chi connectivity index (χ1v) is 4.28. The van der Waals surface area contributed by atoms with Crippen LogP contribution in [0.4, 0.5) is 14.5 Å². The van der Waals surface area contributed by atoms with Gasteiger partial charge in [-0.3, -0.25) is 14.9 Å². The normalized spacial score (nSPS) is 10.2. The SMILES string of the molecule is CNCC(=O)c1cc(F)c(F)c([N+](=O)[O-])c1. The van der Waals surface area contributed by atoms with Crippen molar-refractivity contribution in [2.45, 2.75) is 0 Å². The third-order valence-electron chi connectivity index (χ3n) is 1.87. The van der Waals surface area contributed by atoms with Crippen molar-refractivity contribution in [3.63, 3.8) is 0 Å². The largest absolute Gasteiger partial charge is 0.313 e. The van der Waals surface area contributed by atoms with E-state index in [2.05, 4.69) is 5.32 Å². The van der Waals surface area contributed by atoms with Crippen LogP contribution >= 0.6 is 0 Å². The summed E-state index contributed by atoms with van der Waals surface area (Å²) in [6, 6.07) is 1.36. The smallest absolute Gasteiger partial charge is 0.308 e. The predicted molar refractivity (Wildman–Crippen MR) is 51.3 cm³/mol. The number of rotatable bonds is 4. The second kappa shape index (κ2) is 4.75. The second-order valence-corrected chi connectivity index (χ2v) is 3.00. The zero-order valence-corrected chi connectivity index (χ0v) is 8.29. The molecule has 0 fully saturated rings. The number of carbonyl (C=O) groups excluding carboxylic acids is 1. The van der Waals surface area contributed by atoms with Crippen molar-refractivity contribution in [3.05, 3.63) is 39.4 Å². The second-order valence-electron chi connectivity index (χ2n) is 3.00. The lowest BCUT2D eigenvalue weighted by Crippen LogP contribution is -2.19. The Kier molecular flexibility index (Phi) is 3.62. The van der Waals surface area contributed by atoms with Gasteiger partial charge in [-0.05, 0) is 13.1 Å². The van der Waals surface area contributed by atoms with E-state index in [1.807, 2.05) is 0 Å². The molecule has 0 aromatic heterocycles. The molecule has 0 aliphatic carbocycles. The van der Waals surface area contributed by atoms with E-state index in [0.29, 0.717) is 6.07 Å². The van der Waals surface area contributed by atoms with Gasteiger partial charge in [0, 0.05) is 11.6 Å². The molecule has 0 saturated carbocycles. The summed E-state index contributed by atoms with van der Waals surface area (Å²) in [5.74, 6) is -3.52. The zero-order valence-electron chi connectivity index (χ0n) is 8.29. The topological polar surface area (TPSA) is 72.2 Å². The highest BCUT2D eigenvalue weighted by molar-refractivity contribution is 5.98. The summed E-state index contributed by atoms with van der Waals surface area (Å²) in [6.07, 6.45) is 0. The Morgan fingerprint density at radius 2 is 2.12 bits per heavy atom. The molecule has 0 bridgehead atoms. The van der Waals surface area contributed by atoms with Crippen molar-refractivity contribution in [3.8, 4) is 0 Å². The van der Waals surface area contributed by atoms with Crippen LogP contribution in [0.3, 0.4) is 0 Å². The van der Waals surface area contributed by atoms with Crippen molar-refractivity contribution < 1.29 is 18.5 Å². The van der Waals surface area contributed by atoms with Crippen LogP contribution in [0.2, 0.25) is 0 Å². The molecule has 1 N–H and O–H groups in total. The van der Waals surface area contributed by atoms with Gasteiger partial charge in [0.05, 0.1) is 11.5 Å². The number of nitro groups is 1. The molecule has 7 heteroatoms. The van der Waals surface area contributed by atoms with E-state index in [9.17, 15) is 23.7 Å². The summed E-state index contributed by atoms with van der Waals surface area (Å²) in [6.45, 7) is -0.109. The van der Waals surface area contributed by atoms with Crippen LogP contribution in [-0.2, 0) is 0 Å². The molecule has 0 atom stereocenters. The average Bonchev–Trinajstić information content (AvgIpc) is 2.21. The maximum absolute atomic E-state index is 12.9. The highest BCUT2D eigenvalue weighted by atomic mass is 19.2. The Hall–Kier alpha value is -1.89. The lowest BCUT2D eigenvalue weighted by Gasteiger charge is -2.01. The monoisotopic (exact) mass is 230 g/mol. The number of likely N-dealkylation sites (N-methyl/N-ethyl adjacent to an activating group) is 1. The Morgan fingerprint density at radius 3 is 2.62 bits per heavy atom. The van der Waals surface area contributed by atoms with E-state index in [4.69, 9.17) is 0 Å². The third kappa shape index (κ3) is 2.37. The van der Waals surface area contributed by atoms with Crippen molar-refractivity contribution in [1.82, 2.24) is 5.32 Å². The molecule has 0 radical (unpaired) electrons. The van der Waals surface area contributed by atoms with Gasteiger partial charge in [-0.2, -0.15) is 4.39 Å². The van der Waals surface area contributed by atoms with Gasteiger partial charge in [0.25, 0.3) is 0 Å². The van der Waals surface area contributed by atoms with Crippen LogP contribution in [0.25, 0.3) is 0 Å². The summed E-state index contributed by atoms with van der Waals surface area (Å²) in [5.41, 5.74) is -1.28. The van der Waals surface area contributed by atoms with Crippen molar-refractivity contribution in [2.24, 2.45) is 0 Å². The molecule has 0 aliphatic rings. The Morgan fingerprint density at radius 1 is 1.50 bits per heavy atom. The number of hydrogen-bond acceptors (Lipinski definition) is 4. The van der Waals surface area contributed by atoms with Crippen LogP contribution < -0.4 is 5.32 Å². The maximum atomic E-state index is 12.9. The first kappa shape index (κ1) is 12.2. The number of benzene rings is 1. The Balaban J connectivity index is 3.24. The maximum Gasteiger partial charge on any atom is 0.308 e. The number of Topliss-reactive ketones (excluding diaryl/α,β-unsaturated/α-hetero) is 1. The van der Waals surface area contributed by atoms with Gasteiger partial charge in [-0.1, -0.05) is 0 Å². The number of hydrogen-bond donors (Lipinski definition) is 1. The number of halogens is 2. The molecule has 1 rings (SSSR count). The van der Waals surface area contributed by atoms with Gasteiger partial charge in [0.15, 0.2) is 11.6 Å². The summed E-state index contributed by atoms with van der Waals surface area (Å²) < 4.78 is 25.9.